The third-order valence-electron chi connectivity index (χ3n) is 3.20. The van der Waals surface area contributed by atoms with Crippen LogP contribution in [0.2, 0.25) is 0 Å². The third-order valence-corrected chi connectivity index (χ3v) is 3.20. The number of guanidine groups is 1. The van der Waals surface area contributed by atoms with Crippen LogP contribution in [0.3, 0.4) is 0 Å². The lowest BCUT2D eigenvalue weighted by Gasteiger charge is -2.12. The molecule has 0 unspecified atom stereocenters. The van der Waals surface area contributed by atoms with Crippen LogP contribution in [0, 0.1) is 5.82 Å². The van der Waals surface area contributed by atoms with Crippen molar-refractivity contribution in [3.63, 3.8) is 0 Å². The van der Waals surface area contributed by atoms with Gasteiger partial charge in [-0.05, 0) is 31.0 Å². The minimum atomic E-state index is -0.302. The van der Waals surface area contributed by atoms with Gasteiger partial charge in [0, 0.05) is 39.9 Å². The zero-order chi connectivity index (χ0) is 17.6. The van der Waals surface area contributed by atoms with E-state index in [-0.39, 0.29) is 18.1 Å². The maximum Gasteiger partial charge on any atom is 0.224 e. The summed E-state index contributed by atoms with van der Waals surface area (Å²) in [6, 6.07) is 5.93. The fourth-order valence-electron chi connectivity index (χ4n) is 1.98. The van der Waals surface area contributed by atoms with Crippen LogP contribution < -0.4 is 16.0 Å². The summed E-state index contributed by atoms with van der Waals surface area (Å²) in [5.41, 5.74) is 0.786. The molecular weight excluding hydrogens is 311 g/mol. The molecule has 6 nitrogen and oxygen atoms in total. The summed E-state index contributed by atoms with van der Waals surface area (Å²) in [6.07, 6.45) is 1.15. The second-order valence-electron chi connectivity index (χ2n) is 5.13. The van der Waals surface area contributed by atoms with E-state index in [1.165, 1.54) is 12.1 Å². The first-order valence-electron chi connectivity index (χ1n) is 8.19. The van der Waals surface area contributed by atoms with E-state index in [0.717, 1.165) is 31.7 Å². The Morgan fingerprint density at radius 2 is 1.79 bits per heavy atom. The van der Waals surface area contributed by atoms with Crippen molar-refractivity contribution in [2.75, 3.05) is 39.9 Å². The van der Waals surface area contributed by atoms with Crippen LogP contribution in [0.15, 0.2) is 29.3 Å². The third kappa shape index (κ3) is 9.09. The van der Waals surface area contributed by atoms with Crippen molar-refractivity contribution in [1.29, 1.82) is 0 Å². The molecule has 0 fully saturated rings. The second-order valence-corrected chi connectivity index (χ2v) is 5.13. The summed E-state index contributed by atoms with van der Waals surface area (Å²) in [7, 11) is 1.70. The van der Waals surface area contributed by atoms with E-state index >= 15 is 0 Å². The predicted octanol–water partition coefficient (Wildman–Crippen LogP) is 1.08. The Labute approximate surface area is 142 Å². The molecule has 0 aliphatic heterocycles. The smallest absolute Gasteiger partial charge is 0.224 e. The molecule has 0 radical (unpaired) electrons. The topological polar surface area (TPSA) is 74.8 Å². The largest absolute Gasteiger partial charge is 0.382 e. The summed E-state index contributed by atoms with van der Waals surface area (Å²) >= 11 is 0. The molecule has 1 rings (SSSR count). The molecule has 0 atom stereocenters. The molecule has 0 saturated heterocycles. The molecule has 1 amide bonds. The molecule has 0 heterocycles. The van der Waals surface area contributed by atoms with E-state index in [1.807, 2.05) is 6.92 Å². The van der Waals surface area contributed by atoms with Crippen molar-refractivity contribution >= 4 is 11.9 Å². The Bertz CT molecular complexity index is 506. The van der Waals surface area contributed by atoms with Crippen LogP contribution in [0.5, 0.6) is 0 Å². The van der Waals surface area contributed by atoms with E-state index < -0.39 is 0 Å². The normalized spacial score (nSPS) is 11.2. The average molecular weight is 338 g/mol. The Hall–Kier alpha value is -2.15. The van der Waals surface area contributed by atoms with Crippen molar-refractivity contribution in [3.8, 4) is 0 Å². The molecule has 1 aromatic carbocycles. The lowest BCUT2D eigenvalue weighted by atomic mass is 10.1. The quantitative estimate of drug-likeness (QED) is 0.339. The van der Waals surface area contributed by atoms with Crippen molar-refractivity contribution in [3.05, 3.63) is 35.6 Å². The number of aliphatic imine (C=N–C) groups is 1. The van der Waals surface area contributed by atoms with Gasteiger partial charge in [0.2, 0.25) is 5.91 Å². The monoisotopic (exact) mass is 338 g/mol. The van der Waals surface area contributed by atoms with Crippen LogP contribution in [-0.4, -0.2) is 51.8 Å². The molecule has 1 aromatic rings. The molecule has 0 saturated carbocycles. The predicted molar refractivity (Wildman–Crippen MR) is 93.6 cm³/mol. The van der Waals surface area contributed by atoms with Gasteiger partial charge in [-0.1, -0.05) is 12.1 Å². The zero-order valence-corrected chi connectivity index (χ0v) is 14.4. The highest BCUT2D eigenvalue weighted by molar-refractivity contribution is 5.80. The van der Waals surface area contributed by atoms with Crippen LogP contribution in [0.25, 0.3) is 0 Å². The van der Waals surface area contributed by atoms with E-state index in [1.54, 1.807) is 19.2 Å². The van der Waals surface area contributed by atoms with Crippen molar-refractivity contribution in [2.24, 2.45) is 4.99 Å². The first kappa shape index (κ1) is 19.9. The Kier molecular flexibility index (Phi) is 10.2. The van der Waals surface area contributed by atoms with Crippen LogP contribution in [0.4, 0.5) is 4.39 Å². The molecule has 0 spiro atoms. The maximum atomic E-state index is 12.8. The van der Waals surface area contributed by atoms with E-state index in [2.05, 4.69) is 20.9 Å². The number of hydrogen-bond acceptors (Lipinski definition) is 3. The molecule has 7 heteroatoms. The molecular formula is C17H27FN4O2. The number of halogens is 1. The number of hydrogen-bond donors (Lipinski definition) is 3. The number of ether oxygens (including phenoxy) is 1. The molecule has 0 bridgehead atoms. The number of benzene rings is 1. The van der Waals surface area contributed by atoms with Gasteiger partial charge < -0.3 is 20.7 Å². The summed E-state index contributed by atoms with van der Waals surface area (Å²) in [6.45, 7) is 5.25. The highest BCUT2D eigenvalue weighted by atomic mass is 19.1. The summed E-state index contributed by atoms with van der Waals surface area (Å²) in [5.74, 6) is 0.297. The number of rotatable bonds is 10. The Morgan fingerprint density at radius 3 is 2.46 bits per heavy atom. The van der Waals surface area contributed by atoms with Gasteiger partial charge in [-0.2, -0.15) is 0 Å². The van der Waals surface area contributed by atoms with E-state index in [0.29, 0.717) is 19.0 Å². The molecule has 0 aliphatic rings. The molecule has 3 N–H and O–H groups in total. The standard InChI is InChI=1S/C17H27FN4O2/c1-3-24-12-4-9-21-17(19-2)22-11-10-20-16(23)13-14-5-7-15(18)8-6-14/h5-8H,3-4,9-13H2,1-2H3,(H,20,23)(H2,19,21,22). The van der Waals surface area contributed by atoms with Gasteiger partial charge in [-0.25, -0.2) is 4.39 Å². The van der Waals surface area contributed by atoms with Gasteiger partial charge in [0.15, 0.2) is 5.96 Å². The molecule has 24 heavy (non-hydrogen) atoms. The molecule has 134 valence electrons. The van der Waals surface area contributed by atoms with Gasteiger partial charge in [-0.3, -0.25) is 9.79 Å². The van der Waals surface area contributed by atoms with Gasteiger partial charge in [0.25, 0.3) is 0 Å². The Morgan fingerprint density at radius 1 is 1.12 bits per heavy atom. The van der Waals surface area contributed by atoms with Gasteiger partial charge in [-0.15, -0.1) is 0 Å². The highest BCUT2D eigenvalue weighted by Crippen LogP contribution is 2.03. The summed E-state index contributed by atoms with van der Waals surface area (Å²) < 4.78 is 18.1. The fraction of sp³-hybridized carbons (Fsp3) is 0.529. The average Bonchev–Trinajstić information content (AvgIpc) is 2.58. The van der Waals surface area contributed by atoms with Crippen LogP contribution >= 0.6 is 0 Å². The van der Waals surface area contributed by atoms with Gasteiger partial charge in [0.05, 0.1) is 6.42 Å². The van der Waals surface area contributed by atoms with Gasteiger partial charge >= 0.3 is 0 Å². The van der Waals surface area contributed by atoms with Crippen molar-refractivity contribution < 1.29 is 13.9 Å². The maximum absolute atomic E-state index is 12.8. The molecule has 0 aliphatic carbocycles. The first-order valence-corrected chi connectivity index (χ1v) is 8.19. The number of amides is 1. The minimum absolute atomic E-state index is 0.0944. The Balaban J connectivity index is 2.12. The van der Waals surface area contributed by atoms with Crippen molar-refractivity contribution in [2.45, 2.75) is 19.8 Å². The van der Waals surface area contributed by atoms with Crippen LogP contribution in [-0.2, 0) is 16.0 Å². The number of carbonyl (C=O) groups excluding carboxylic acids is 1. The van der Waals surface area contributed by atoms with E-state index in [4.69, 9.17) is 4.74 Å². The van der Waals surface area contributed by atoms with Gasteiger partial charge in [0.1, 0.15) is 5.82 Å². The number of nitrogens with zero attached hydrogens (tertiary/aromatic N) is 1. The second kappa shape index (κ2) is 12.3. The summed E-state index contributed by atoms with van der Waals surface area (Å²) in [5, 5.41) is 9.10. The minimum Gasteiger partial charge on any atom is -0.382 e. The number of nitrogens with one attached hydrogen (secondary N) is 3. The van der Waals surface area contributed by atoms with Crippen molar-refractivity contribution in [1.82, 2.24) is 16.0 Å². The first-order chi connectivity index (χ1) is 11.7. The lowest BCUT2D eigenvalue weighted by Crippen LogP contribution is -2.42. The zero-order valence-electron chi connectivity index (χ0n) is 14.4. The lowest BCUT2D eigenvalue weighted by molar-refractivity contribution is -0.120. The number of carbonyl (C=O) groups is 1. The SMILES string of the molecule is CCOCCCNC(=NC)NCCNC(=O)Cc1ccc(F)cc1. The highest BCUT2D eigenvalue weighted by Gasteiger charge is 2.03. The van der Waals surface area contributed by atoms with E-state index in [9.17, 15) is 9.18 Å². The molecule has 0 aromatic heterocycles. The summed E-state index contributed by atoms with van der Waals surface area (Å²) in [4.78, 5) is 15.9. The fourth-order valence-corrected chi connectivity index (χ4v) is 1.98. The van der Waals surface area contributed by atoms with Crippen LogP contribution in [0.1, 0.15) is 18.9 Å².